The number of para-hydroxylation sites is 1. The van der Waals surface area contributed by atoms with Gasteiger partial charge in [-0.2, -0.15) is 0 Å². The molecule has 33 heavy (non-hydrogen) atoms. The van der Waals surface area contributed by atoms with E-state index in [1.165, 1.54) is 16.8 Å². The number of hydrogen-bond donors (Lipinski definition) is 2. The van der Waals surface area contributed by atoms with Gasteiger partial charge in [-0.15, -0.1) is 0 Å². The number of methoxy groups -OCH3 is 1. The molecule has 12 heteroatoms. The Hall–Kier alpha value is -1.94. The minimum Gasteiger partial charge on any atom is -0.423 e. The molecule has 1 fully saturated rings. The lowest BCUT2D eigenvalue weighted by Gasteiger charge is -2.23. The first-order valence-electron chi connectivity index (χ1n) is 10.5. The molecule has 1 saturated heterocycles. The number of hydrogen-bond acceptors (Lipinski definition) is 7. The van der Waals surface area contributed by atoms with E-state index in [0.717, 1.165) is 0 Å². The fourth-order valence-corrected chi connectivity index (χ4v) is 5.06. The topological polar surface area (TPSA) is 129 Å². The Morgan fingerprint density at radius 2 is 2.00 bits per heavy atom. The molecule has 2 aromatic rings. The molecule has 0 radical (unpaired) electrons. The summed E-state index contributed by atoms with van der Waals surface area (Å²) in [5, 5.41) is 0.233. The van der Waals surface area contributed by atoms with Crippen LogP contribution in [0.4, 0.5) is 0 Å². The van der Waals surface area contributed by atoms with Crippen molar-refractivity contribution in [3.05, 3.63) is 61.9 Å². The van der Waals surface area contributed by atoms with Crippen LogP contribution in [0.15, 0.2) is 40.1 Å². The summed E-state index contributed by atoms with van der Waals surface area (Å²) in [6.07, 6.45) is -0.466. The number of ether oxygens (including phenoxy) is 3. The Kier molecular flexibility index (Phi) is 8.55. The Bertz CT molecular complexity index is 1120. The molecule has 0 bridgehead atoms. The van der Waals surface area contributed by atoms with Gasteiger partial charge in [-0.1, -0.05) is 30.7 Å². The average molecular weight is 503 g/mol. The number of H-pyrrole nitrogens is 1. The van der Waals surface area contributed by atoms with Crippen molar-refractivity contribution in [3.63, 3.8) is 0 Å². The van der Waals surface area contributed by atoms with Gasteiger partial charge in [0, 0.05) is 24.8 Å². The van der Waals surface area contributed by atoms with Crippen molar-refractivity contribution < 1.29 is 28.2 Å². The van der Waals surface area contributed by atoms with Gasteiger partial charge in [-0.25, -0.2) is 9.36 Å². The molecule has 1 aromatic carbocycles. The highest BCUT2D eigenvalue weighted by Gasteiger charge is 2.45. The number of halogens is 1. The molecular formula is C21H28ClN2O8P. The standard InChI is InChI=1S/C21H28ClN2O8P/c1-13-12-24(21(26)23-19(13)25)20-18(30-10-9-29-3)14(2)16(31-20)8-11-33(27,28)32-17-7-5-4-6-15(17)22/h4-7,12,14,16,18,20H,8-11H2,1-3H3,(H,27,28)(H,23,25,26)/t14-,16-,18-,20-/m1/s1. The monoisotopic (exact) mass is 502 g/mol. The van der Waals surface area contributed by atoms with E-state index in [2.05, 4.69) is 4.98 Å². The van der Waals surface area contributed by atoms with Crippen LogP contribution in [0, 0.1) is 12.8 Å². The molecule has 1 aliphatic rings. The molecule has 182 valence electrons. The number of nitrogens with one attached hydrogen (secondary N) is 1. The highest BCUT2D eigenvalue weighted by atomic mass is 35.5. The summed E-state index contributed by atoms with van der Waals surface area (Å²) in [6.45, 7) is 4.07. The van der Waals surface area contributed by atoms with E-state index in [4.69, 9.17) is 30.3 Å². The summed E-state index contributed by atoms with van der Waals surface area (Å²) >= 11 is 6.02. The second-order valence-electron chi connectivity index (χ2n) is 7.90. The molecular weight excluding hydrogens is 475 g/mol. The van der Waals surface area contributed by atoms with Gasteiger partial charge in [0.15, 0.2) is 6.23 Å². The molecule has 5 atom stereocenters. The number of benzene rings is 1. The van der Waals surface area contributed by atoms with Crippen LogP contribution in [0.2, 0.25) is 5.02 Å². The van der Waals surface area contributed by atoms with Gasteiger partial charge in [0.1, 0.15) is 11.9 Å². The summed E-state index contributed by atoms with van der Waals surface area (Å²) in [6, 6.07) is 6.42. The summed E-state index contributed by atoms with van der Waals surface area (Å²) < 4.78 is 36.3. The van der Waals surface area contributed by atoms with Crippen molar-refractivity contribution in [3.8, 4) is 5.75 Å². The van der Waals surface area contributed by atoms with Crippen LogP contribution in [0.1, 0.15) is 25.1 Å². The van der Waals surface area contributed by atoms with Gasteiger partial charge in [-0.05, 0) is 25.5 Å². The van der Waals surface area contributed by atoms with Gasteiger partial charge in [0.2, 0.25) is 0 Å². The van der Waals surface area contributed by atoms with Gasteiger partial charge in [0.05, 0.1) is 30.5 Å². The maximum Gasteiger partial charge on any atom is 0.376 e. The van der Waals surface area contributed by atoms with Crippen LogP contribution in [0.25, 0.3) is 0 Å². The van der Waals surface area contributed by atoms with Gasteiger partial charge >= 0.3 is 13.3 Å². The molecule has 2 N–H and O–H groups in total. The van der Waals surface area contributed by atoms with Gasteiger partial charge < -0.3 is 23.6 Å². The molecule has 1 aromatic heterocycles. The molecule has 0 saturated carbocycles. The van der Waals surface area contributed by atoms with Gasteiger partial charge in [0.25, 0.3) is 5.56 Å². The SMILES string of the molecule is COCCO[C@@H]1[C@H](C)[C@@H](CCP(=O)(O)Oc2ccccc2Cl)O[C@H]1n1cc(C)c(=O)[nH]c1=O. The summed E-state index contributed by atoms with van der Waals surface area (Å²) in [5.41, 5.74) is -0.759. The average Bonchev–Trinajstić information content (AvgIpc) is 3.06. The van der Waals surface area contributed by atoms with Crippen molar-refractivity contribution in [1.82, 2.24) is 9.55 Å². The van der Waals surface area contributed by atoms with Crippen LogP contribution in [-0.2, 0) is 18.8 Å². The van der Waals surface area contributed by atoms with Crippen LogP contribution >= 0.6 is 19.2 Å². The third-order valence-corrected chi connectivity index (χ3v) is 7.11. The minimum atomic E-state index is -4.02. The molecule has 1 unspecified atom stereocenters. The molecule has 3 rings (SSSR count). The van der Waals surface area contributed by atoms with Crippen molar-refractivity contribution in [2.75, 3.05) is 26.5 Å². The van der Waals surface area contributed by atoms with Crippen LogP contribution in [0.5, 0.6) is 5.75 Å². The van der Waals surface area contributed by atoms with E-state index in [0.29, 0.717) is 12.2 Å². The number of rotatable bonds is 10. The zero-order valence-electron chi connectivity index (χ0n) is 18.6. The normalized spacial score (nSPS) is 24.5. The summed E-state index contributed by atoms with van der Waals surface area (Å²) in [5.74, 6) is -0.106. The maximum atomic E-state index is 12.7. The largest absolute Gasteiger partial charge is 0.423 e. The number of aromatic amines is 1. The number of aromatic nitrogens is 2. The second kappa shape index (κ2) is 11.0. The second-order valence-corrected chi connectivity index (χ2v) is 10.2. The van der Waals surface area contributed by atoms with Crippen LogP contribution in [0.3, 0.4) is 0 Å². The number of nitrogens with zero attached hydrogens (tertiary/aromatic N) is 1. The van der Waals surface area contributed by atoms with Crippen molar-refractivity contribution >= 4 is 19.2 Å². The van der Waals surface area contributed by atoms with E-state index in [1.807, 2.05) is 6.92 Å². The van der Waals surface area contributed by atoms with Crippen molar-refractivity contribution in [2.24, 2.45) is 5.92 Å². The lowest BCUT2D eigenvalue weighted by atomic mass is 9.98. The predicted molar refractivity (Wildman–Crippen MR) is 122 cm³/mol. The Morgan fingerprint density at radius 1 is 1.27 bits per heavy atom. The van der Waals surface area contributed by atoms with E-state index in [1.54, 1.807) is 32.2 Å². The molecule has 2 heterocycles. The predicted octanol–water partition coefficient (Wildman–Crippen LogP) is 2.72. The van der Waals surface area contributed by atoms with E-state index in [9.17, 15) is 19.0 Å². The van der Waals surface area contributed by atoms with Crippen molar-refractivity contribution in [2.45, 2.75) is 38.7 Å². The Morgan fingerprint density at radius 3 is 2.70 bits per heavy atom. The van der Waals surface area contributed by atoms with Gasteiger partial charge in [-0.3, -0.25) is 14.3 Å². The smallest absolute Gasteiger partial charge is 0.376 e. The first kappa shape index (κ1) is 25.7. The van der Waals surface area contributed by atoms with E-state index in [-0.39, 0.29) is 35.9 Å². The summed E-state index contributed by atoms with van der Waals surface area (Å²) in [4.78, 5) is 36.8. The Balaban J connectivity index is 1.76. The van der Waals surface area contributed by atoms with Crippen LogP contribution < -0.4 is 15.8 Å². The fraction of sp³-hybridized carbons (Fsp3) is 0.524. The minimum absolute atomic E-state index is 0.124. The third kappa shape index (κ3) is 6.35. The quantitative estimate of drug-likeness (QED) is 0.375. The highest BCUT2D eigenvalue weighted by molar-refractivity contribution is 7.53. The molecule has 0 aliphatic carbocycles. The Labute approximate surface area is 195 Å². The van der Waals surface area contributed by atoms with Crippen LogP contribution in [-0.4, -0.2) is 53.1 Å². The lowest BCUT2D eigenvalue weighted by molar-refractivity contribution is -0.0744. The van der Waals surface area contributed by atoms with E-state index >= 15 is 0 Å². The highest BCUT2D eigenvalue weighted by Crippen LogP contribution is 2.47. The molecule has 0 spiro atoms. The zero-order chi connectivity index (χ0) is 24.2. The summed E-state index contributed by atoms with van der Waals surface area (Å²) in [7, 11) is -2.48. The number of aryl methyl sites for hydroxylation is 1. The lowest BCUT2D eigenvalue weighted by Crippen LogP contribution is -2.38. The zero-order valence-corrected chi connectivity index (χ0v) is 20.3. The maximum absolute atomic E-state index is 12.7. The van der Waals surface area contributed by atoms with Crippen molar-refractivity contribution in [1.29, 1.82) is 0 Å². The first-order chi connectivity index (χ1) is 15.6. The third-order valence-electron chi connectivity index (χ3n) is 5.49. The molecule has 1 aliphatic heterocycles. The fourth-order valence-electron chi connectivity index (χ4n) is 3.69. The van der Waals surface area contributed by atoms with E-state index < -0.39 is 37.3 Å². The molecule has 0 amide bonds. The first-order valence-corrected chi connectivity index (χ1v) is 12.6. The molecule has 10 nitrogen and oxygen atoms in total.